The molecular formula is C27H27N3O3S. The van der Waals surface area contributed by atoms with Gasteiger partial charge in [0.25, 0.3) is 11.8 Å². The van der Waals surface area contributed by atoms with Crippen molar-refractivity contribution in [2.45, 2.75) is 39.2 Å². The average Bonchev–Trinajstić information content (AvgIpc) is 3.20. The van der Waals surface area contributed by atoms with E-state index < -0.39 is 6.10 Å². The highest BCUT2D eigenvalue weighted by atomic mass is 32.1. The number of nitrogens with one attached hydrogen (secondary N) is 1. The maximum Gasteiger partial charge on any atom is 0.265 e. The van der Waals surface area contributed by atoms with Crippen molar-refractivity contribution in [3.63, 3.8) is 0 Å². The molecule has 1 atom stereocenters. The summed E-state index contributed by atoms with van der Waals surface area (Å²) in [4.78, 5) is 29.4. The molecule has 2 heterocycles. The number of hydrogen-bond acceptors (Lipinski definition) is 5. The van der Waals surface area contributed by atoms with Crippen LogP contribution < -0.4 is 10.1 Å². The Hall–Kier alpha value is -3.63. The first kappa shape index (κ1) is 23.5. The molecule has 3 aromatic rings. The summed E-state index contributed by atoms with van der Waals surface area (Å²) in [5, 5.41) is 12.5. The highest BCUT2D eigenvalue weighted by Crippen LogP contribution is 2.41. The second-order valence-electron chi connectivity index (χ2n) is 8.36. The van der Waals surface area contributed by atoms with E-state index in [4.69, 9.17) is 10.00 Å². The largest absolute Gasteiger partial charge is 0.481 e. The quantitative estimate of drug-likeness (QED) is 0.503. The molecule has 1 fully saturated rings. The first-order valence-corrected chi connectivity index (χ1v) is 12.3. The van der Waals surface area contributed by atoms with Gasteiger partial charge in [-0.05, 0) is 68.5 Å². The molecule has 2 amide bonds. The SMILES string of the molecule is Cc1c(-c2ccccc2)sc(NC(=O)C(C)Oc2ccc(C#N)cc2)c1C(=O)N1CCCCC1. The van der Waals surface area contributed by atoms with Crippen LogP contribution >= 0.6 is 11.3 Å². The number of likely N-dealkylation sites (tertiary alicyclic amines) is 1. The predicted octanol–water partition coefficient (Wildman–Crippen LogP) is 5.63. The van der Waals surface area contributed by atoms with Crippen molar-refractivity contribution in [2.24, 2.45) is 0 Å². The van der Waals surface area contributed by atoms with Crippen molar-refractivity contribution in [3.8, 4) is 22.3 Å². The molecule has 1 unspecified atom stereocenters. The maximum atomic E-state index is 13.5. The van der Waals surface area contributed by atoms with Crippen LogP contribution in [-0.4, -0.2) is 35.9 Å². The summed E-state index contributed by atoms with van der Waals surface area (Å²) in [5.74, 6) is 0.128. The number of thiophene rings is 1. The lowest BCUT2D eigenvalue weighted by Gasteiger charge is -2.27. The van der Waals surface area contributed by atoms with E-state index in [0.29, 0.717) is 21.9 Å². The van der Waals surface area contributed by atoms with Gasteiger partial charge in [0.05, 0.1) is 17.2 Å². The minimum Gasteiger partial charge on any atom is -0.481 e. The molecule has 174 valence electrons. The lowest BCUT2D eigenvalue weighted by molar-refractivity contribution is -0.122. The topological polar surface area (TPSA) is 82.4 Å². The monoisotopic (exact) mass is 473 g/mol. The van der Waals surface area contributed by atoms with Crippen LogP contribution in [0, 0.1) is 18.3 Å². The van der Waals surface area contributed by atoms with Gasteiger partial charge in [0.15, 0.2) is 6.10 Å². The predicted molar refractivity (Wildman–Crippen MR) is 134 cm³/mol. The van der Waals surface area contributed by atoms with E-state index in [-0.39, 0.29) is 11.8 Å². The van der Waals surface area contributed by atoms with Crippen LogP contribution in [0.15, 0.2) is 54.6 Å². The van der Waals surface area contributed by atoms with Gasteiger partial charge in [-0.1, -0.05) is 30.3 Å². The van der Waals surface area contributed by atoms with Crippen molar-refractivity contribution < 1.29 is 14.3 Å². The Labute approximate surface area is 203 Å². The van der Waals surface area contributed by atoms with Gasteiger partial charge in [0.1, 0.15) is 10.8 Å². The molecule has 4 rings (SSSR count). The summed E-state index contributed by atoms with van der Waals surface area (Å²) in [7, 11) is 0. The van der Waals surface area contributed by atoms with Gasteiger partial charge in [-0.2, -0.15) is 5.26 Å². The Bertz CT molecular complexity index is 1210. The minimum absolute atomic E-state index is 0.0356. The molecular weight excluding hydrogens is 446 g/mol. The lowest BCUT2D eigenvalue weighted by atomic mass is 10.0. The summed E-state index contributed by atoms with van der Waals surface area (Å²) in [6.45, 7) is 5.08. The molecule has 1 N–H and O–H groups in total. The van der Waals surface area contributed by atoms with Crippen LogP contribution in [0.5, 0.6) is 5.75 Å². The van der Waals surface area contributed by atoms with Crippen molar-refractivity contribution in [2.75, 3.05) is 18.4 Å². The Morgan fingerprint density at radius 1 is 1.06 bits per heavy atom. The molecule has 1 aromatic heterocycles. The molecule has 1 saturated heterocycles. The highest BCUT2D eigenvalue weighted by Gasteiger charge is 2.28. The Kier molecular flexibility index (Phi) is 7.29. The average molecular weight is 474 g/mol. The fourth-order valence-corrected chi connectivity index (χ4v) is 5.27. The van der Waals surface area contributed by atoms with Gasteiger partial charge < -0.3 is 15.0 Å². The molecule has 1 aliphatic rings. The van der Waals surface area contributed by atoms with Crippen LogP contribution in [-0.2, 0) is 4.79 Å². The van der Waals surface area contributed by atoms with Gasteiger partial charge in [-0.25, -0.2) is 0 Å². The van der Waals surface area contributed by atoms with Crippen LogP contribution in [0.3, 0.4) is 0 Å². The number of rotatable bonds is 6. The first-order chi connectivity index (χ1) is 16.5. The highest BCUT2D eigenvalue weighted by molar-refractivity contribution is 7.20. The summed E-state index contributed by atoms with van der Waals surface area (Å²) in [5.41, 5.74) is 2.97. The van der Waals surface area contributed by atoms with E-state index in [1.807, 2.05) is 42.2 Å². The zero-order valence-corrected chi connectivity index (χ0v) is 20.2. The summed E-state index contributed by atoms with van der Waals surface area (Å²) < 4.78 is 5.77. The fraction of sp³-hybridized carbons (Fsp3) is 0.296. The first-order valence-electron chi connectivity index (χ1n) is 11.4. The minimum atomic E-state index is -0.784. The normalized spacial score (nSPS) is 14.2. The van der Waals surface area contributed by atoms with E-state index in [0.717, 1.165) is 48.4 Å². The van der Waals surface area contributed by atoms with Gasteiger partial charge in [-0.3, -0.25) is 9.59 Å². The van der Waals surface area contributed by atoms with E-state index >= 15 is 0 Å². The molecule has 0 radical (unpaired) electrons. The Morgan fingerprint density at radius 2 is 1.74 bits per heavy atom. The second-order valence-corrected chi connectivity index (χ2v) is 9.39. The number of carbonyl (C=O) groups is 2. The van der Waals surface area contributed by atoms with Crippen LogP contribution in [0.2, 0.25) is 0 Å². The standard InChI is InChI=1S/C27H27N3O3S/c1-18-23(27(32)30-15-7-4-8-16-30)26(34-24(18)21-9-5-3-6-10-21)29-25(31)19(2)33-22-13-11-20(17-28)12-14-22/h3,5-6,9-14,19H,4,7-8,15-16H2,1-2H3,(H,29,31). The third kappa shape index (κ3) is 5.13. The van der Waals surface area contributed by atoms with E-state index in [9.17, 15) is 9.59 Å². The number of carbonyl (C=O) groups excluding carboxylic acids is 2. The zero-order valence-electron chi connectivity index (χ0n) is 19.3. The van der Waals surface area contributed by atoms with Crippen LogP contribution in [0.4, 0.5) is 5.00 Å². The number of nitrogens with zero attached hydrogens (tertiary/aromatic N) is 2. The molecule has 0 bridgehead atoms. The van der Waals surface area contributed by atoms with Gasteiger partial charge in [0, 0.05) is 18.0 Å². The van der Waals surface area contributed by atoms with E-state index in [1.54, 1.807) is 31.2 Å². The van der Waals surface area contributed by atoms with E-state index in [1.165, 1.54) is 11.3 Å². The zero-order chi connectivity index (χ0) is 24.1. The number of piperidine rings is 1. The summed E-state index contributed by atoms with van der Waals surface area (Å²) in [6, 6.07) is 18.6. The van der Waals surface area contributed by atoms with Crippen molar-refractivity contribution in [3.05, 3.63) is 71.3 Å². The third-order valence-electron chi connectivity index (χ3n) is 5.94. The lowest BCUT2D eigenvalue weighted by Crippen LogP contribution is -2.36. The van der Waals surface area contributed by atoms with Crippen LogP contribution in [0.25, 0.3) is 10.4 Å². The molecule has 0 aliphatic carbocycles. The molecule has 0 spiro atoms. The summed E-state index contributed by atoms with van der Waals surface area (Å²) in [6.07, 6.45) is 2.35. The third-order valence-corrected chi connectivity index (χ3v) is 7.20. The van der Waals surface area contributed by atoms with Crippen LogP contribution in [0.1, 0.15) is 47.7 Å². The number of anilines is 1. The number of hydrogen-bond donors (Lipinski definition) is 1. The molecule has 6 nitrogen and oxygen atoms in total. The van der Waals surface area contributed by atoms with Gasteiger partial charge >= 0.3 is 0 Å². The Morgan fingerprint density at radius 3 is 2.38 bits per heavy atom. The fourth-order valence-electron chi connectivity index (χ4n) is 4.06. The summed E-state index contributed by atoms with van der Waals surface area (Å²) >= 11 is 1.42. The molecule has 34 heavy (non-hydrogen) atoms. The number of nitriles is 1. The van der Waals surface area contributed by atoms with E-state index in [2.05, 4.69) is 11.4 Å². The Balaban J connectivity index is 1.60. The molecule has 1 aliphatic heterocycles. The van der Waals surface area contributed by atoms with Crippen molar-refractivity contribution >= 4 is 28.2 Å². The number of amides is 2. The maximum absolute atomic E-state index is 13.5. The molecule has 7 heteroatoms. The second kappa shape index (κ2) is 10.5. The molecule has 0 saturated carbocycles. The number of benzene rings is 2. The number of ether oxygens (including phenoxy) is 1. The van der Waals surface area contributed by atoms with Gasteiger partial charge in [-0.15, -0.1) is 11.3 Å². The smallest absolute Gasteiger partial charge is 0.265 e. The van der Waals surface area contributed by atoms with Crippen molar-refractivity contribution in [1.29, 1.82) is 5.26 Å². The van der Waals surface area contributed by atoms with Gasteiger partial charge in [0.2, 0.25) is 0 Å². The molecule has 2 aromatic carbocycles. The van der Waals surface area contributed by atoms with Crippen molar-refractivity contribution in [1.82, 2.24) is 4.90 Å².